The molecule has 0 amide bonds. The van der Waals surface area contributed by atoms with Crippen LogP contribution in [0.15, 0.2) is 97.6 Å². The first kappa shape index (κ1) is 50.1. The molecule has 0 aliphatic rings. The van der Waals surface area contributed by atoms with Gasteiger partial charge in [0.05, 0.1) is 0 Å². The quantitative estimate of drug-likeness (QED) is 0.114. The zero-order valence-corrected chi connectivity index (χ0v) is 31.9. The Labute approximate surface area is 319 Å². The smallest absolute Gasteiger partial charge is 0.512 e. The SMILES string of the molecule is CCN(CC)c1ccc(/C=C/c2ccncc2)cc1.CCN(CC)c1ccc(/C=C/c2ccncc2)cc1.[Au+].[Au+].[C-]#N.[C-]#N.[C-]#N.[C-]#N. The van der Waals surface area contributed by atoms with E-state index >= 15 is 0 Å². The van der Waals surface area contributed by atoms with E-state index in [1.165, 1.54) is 33.6 Å². The summed E-state index contributed by atoms with van der Waals surface area (Å²) >= 11 is 0. The molecule has 0 saturated carbocycles. The van der Waals surface area contributed by atoms with Crippen LogP contribution < -0.4 is 9.80 Å². The molecular weight excluding hydrogens is 962 g/mol. The third kappa shape index (κ3) is 20.4. The van der Waals surface area contributed by atoms with Crippen molar-refractivity contribution < 1.29 is 44.8 Å². The maximum atomic E-state index is 6.25. The molecule has 0 spiro atoms. The fourth-order valence-electron chi connectivity index (χ4n) is 4.10. The molecule has 48 heavy (non-hydrogen) atoms. The van der Waals surface area contributed by atoms with Gasteiger partial charge in [-0.2, -0.15) is 0 Å². The van der Waals surface area contributed by atoms with Crippen LogP contribution in [0, 0.1) is 47.3 Å². The van der Waals surface area contributed by atoms with Gasteiger partial charge in [0, 0.05) is 62.3 Å². The van der Waals surface area contributed by atoms with Gasteiger partial charge in [0.25, 0.3) is 0 Å². The normalized spacial score (nSPS) is 8.75. The van der Waals surface area contributed by atoms with E-state index in [9.17, 15) is 0 Å². The molecule has 4 aromatic rings. The van der Waals surface area contributed by atoms with Gasteiger partial charge >= 0.3 is 44.8 Å². The van der Waals surface area contributed by atoms with Crippen molar-refractivity contribution in [1.82, 2.24) is 9.97 Å². The van der Waals surface area contributed by atoms with E-state index < -0.39 is 0 Å². The molecule has 256 valence electrons. The van der Waals surface area contributed by atoms with Crippen LogP contribution in [0.2, 0.25) is 0 Å². The molecule has 2 heterocycles. The Morgan fingerprint density at radius 1 is 0.417 bits per heavy atom. The summed E-state index contributed by atoms with van der Waals surface area (Å²) in [5, 5.41) is 25.0. The van der Waals surface area contributed by atoms with E-state index in [1.807, 2.05) is 49.1 Å². The molecule has 0 N–H and O–H groups in total. The number of benzene rings is 2. The van der Waals surface area contributed by atoms with E-state index in [2.05, 4.69) is 120 Å². The molecule has 0 unspecified atom stereocenters. The molecule has 0 bridgehead atoms. The summed E-state index contributed by atoms with van der Waals surface area (Å²) in [4.78, 5) is 12.7. The van der Waals surface area contributed by atoms with E-state index in [1.54, 1.807) is 0 Å². The van der Waals surface area contributed by atoms with Crippen molar-refractivity contribution in [3.8, 4) is 0 Å². The van der Waals surface area contributed by atoms with E-state index in [-0.39, 0.29) is 44.8 Å². The van der Waals surface area contributed by atoms with Gasteiger partial charge in [0.15, 0.2) is 0 Å². The number of nitrogens with zero attached hydrogens (tertiary/aromatic N) is 8. The molecule has 4 rings (SSSR count). The molecular formula is C38H40Au2N8-2. The van der Waals surface area contributed by atoms with Crippen LogP contribution in [0.1, 0.15) is 49.9 Å². The second-order valence-corrected chi connectivity index (χ2v) is 8.76. The molecule has 8 nitrogen and oxygen atoms in total. The van der Waals surface area contributed by atoms with Crippen molar-refractivity contribution >= 4 is 35.7 Å². The van der Waals surface area contributed by atoms with Gasteiger partial charge in [0.1, 0.15) is 0 Å². The third-order valence-electron chi connectivity index (χ3n) is 6.39. The summed E-state index contributed by atoms with van der Waals surface area (Å²) in [5.74, 6) is 0. The van der Waals surface area contributed by atoms with Crippen molar-refractivity contribution in [2.24, 2.45) is 0 Å². The molecule has 10 heteroatoms. The molecule has 0 aliphatic heterocycles. The van der Waals surface area contributed by atoms with Crippen LogP contribution in [0.4, 0.5) is 11.4 Å². The fraction of sp³-hybridized carbons (Fsp3) is 0.211. The summed E-state index contributed by atoms with van der Waals surface area (Å²) < 4.78 is 0. The number of hydrogen-bond donors (Lipinski definition) is 0. The summed E-state index contributed by atoms with van der Waals surface area (Å²) in [7, 11) is 0. The zero-order valence-electron chi connectivity index (χ0n) is 27.6. The molecule has 0 radical (unpaired) electrons. The fourth-order valence-corrected chi connectivity index (χ4v) is 4.10. The second-order valence-electron chi connectivity index (χ2n) is 8.76. The van der Waals surface area contributed by atoms with Crippen LogP contribution in [-0.2, 0) is 44.8 Å². The Kier molecular flexibility index (Phi) is 36.7. The first-order chi connectivity index (χ1) is 22.7. The average Bonchev–Trinajstić information content (AvgIpc) is 3.16. The first-order valence-electron chi connectivity index (χ1n) is 14.4. The number of anilines is 2. The Morgan fingerprint density at radius 2 is 0.625 bits per heavy atom. The van der Waals surface area contributed by atoms with Crippen molar-refractivity contribution in [3.05, 3.63) is 146 Å². The molecule has 0 fully saturated rings. The van der Waals surface area contributed by atoms with Crippen LogP contribution >= 0.6 is 0 Å². The standard InChI is InChI=1S/2C17H20N2.4CN.2Au/c2*1-3-19(4-2)17-9-7-15(8-10-17)5-6-16-11-13-18-14-12-16;4*1-2;;/h2*5-14H,3-4H2,1-2H3;;;;;;/q;;4*-1;2*+1/b2*6-5+;;;;;;. The predicted molar refractivity (Wildman–Crippen MR) is 186 cm³/mol. The van der Waals surface area contributed by atoms with Crippen molar-refractivity contribution in [3.63, 3.8) is 0 Å². The van der Waals surface area contributed by atoms with Crippen molar-refractivity contribution in [2.45, 2.75) is 27.7 Å². The van der Waals surface area contributed by atoms with Gasteiger partial charge in [-0.25, -0.2) is 0 Å². The van der Waals surface area contributed by atoms with Crippen molar-refractivity contribution in [2.75, 3.05) is 36.0 Å². The minimum absolute atomic E-state index is 0. The zero-order chi connectivity index (χ0) is 35.0. The molecule has 2 aromatic heterocycles. The maximum Gasteiger partial charge on any atom is 1.00 e. The second kappa shape index (κ2) is 35.1. The number of hydrogen-bond acceptors (Lipinski definition) is 8. The van der Waals surface area contributed by atoms with E-state index in [0.29, 0.717) is 0 Å². The minimum Gasteiger partial charge on any atom is -0.512 e. The summed E-state index contributed by atoms with van der Waals surface area (Å²) in [6.07, 6.45) is 15.7. The molecule has 0 atom stereocenters. The topological polar surface area (TPSA) is 127 Å². The minimum atomic E-state index is 0. The Morgan fingerprint density at radius 3 is 0.833 bits per heavy atom. The summed E-state index contributed by atoms with van der Waals surface area (Å²) in [6.45, 7) is 31.9. The Balaban J connectivity index is -0.000000323. The van der Waals surface area contributed by atoms with Crippen LogP contribution in [-0.4, -0.2) is 36.1 Å². The maximum absolute atomic E-state index is 6.25. The van der Waals surface area contributed by atoms with E-state index in [4.69, 9.17) is 47.3 Å². The van der Waals surface area contributed by atoms with Gasteiger partial charge < -0.3 is 57.1 Å². The Bertz CT molecular complexity index is 1300. The largest absolute Gasteiger partial charge is 1.00 e. The average molecular weight is 1000 g/mol. The molecule has 0 aliphatic carbocycles. The van der Waals surface area contributed by atoms with Crippen molar-refractivity contribution in [1.29, 1.82) is 21.0 Å². The van der Waals surface area contributed by atoms with Crippen LogP contribution in [0.25, 0.3) is 24.3 Å². The first-order valence-corrected chi connectivity index (χ1v) is 14.4. The predicted octanol–water partition coefficient (Wildman–Crippen LogP) is 8.58. The number of pyridine rings is 2. The van der Waals surface area contributed by atoms with Gasteiger partial charge in [-0.05, 0) is 98.5 Å². The van der Waals surface area contributed by atoms with E-state index in [0.717, 1.165) is 26.2 Å². The molecule has 0 saturated heterocycles. The van der Waals surface area contributed by atoms with Gasteiger partial charge in [-0.15, -0.1) is 0 Å². The van der Waals surface area contributed by atoms with Crippen LogP contribution in [0.3, 0.4) is 0 Å². The third-order valence-corrected chi connectivity index (χ3v) is 6.39. The number of rotatable bonds is 10. The monoisotopic (exact) mass is 1000 g/mol. The molecule has 2 aromatic carbocycles. The van der Waals surface area contributed by atoms with Gasteiger partial charge in [0.2, 0.25) is 0 Å². The van der Waals surface area contributed by atoms with Gasteiger partial charge in [-0.3, -0.25) is 9.97 Å². The summed E-state index contributed by atoms with van der Waals surface area (Å²) in [6, 6.07) is 25.4. The number of aromatic nitrogens is 2. The van der Waals surface area contributed by atoms with Crippen LogP contribution in [0.5, 0.6) is 0 Å². The van der Waals surface area contributed by atoms with Gasteiger partial charge in [-0.1, -0.05) is 48.6 Å². The Hall–Kier alpha value is -4.74. The summed E-state index contributed by atoms with van der Waals surface area (Å²) in [5.41, 5.74) is 7.34.